The van der Waals surface area contributed by atoms with E-state index in [0.29, 0.717) is 18.7 Å². The molecule has 1 aromatic carbocycles. The molecule has 6 heteroatoms. The molecule has 2 heterocycles. The van der Waals surface area contributed by atoms with E-state index in [-0.39, 0.29) is 11.3 Å². The van der Waals surface area contributed by atoms with Gasteiger partial charge in [0.2, 0.25) is 5.91 Å². The number of hydrogen-bond acceptors (Lipinski definition) is 4. The highest BCUT2D eigenvalue weighted by Crippen LogP contribution is 2.27. The third kappa shape index (κ3) is 4.47. The van der Waals surface area contributed by atoms with E-state index in [0.717, 1.165) is 23.4 Å². The molecule has 0 radical (unpaired) electrons. The summed E-state index contributed by atoms with van der Waals surface area (Å²) in [6.07, 6.45) is 2.60. The second-order valence-corrected chi connectivity index (χ2v) is 8.85. The average Bonchev–Trinajstić information content (AvgIpc) is 3.08. The average molecular weight is 394 g/mol. The van der Waals surface area contributed by atoms with Crippen LogP contribution in [0.25, 0.3) is 5.78 Å². The highest BCUT2D eigenvalue weighted by atomic mass is 16.1. The molecule has 1 N–H and O–H groups in total. The molecule has 3 aromatic rings. The second-order valence-electron chi connectivity index (χ2n) is 8.85. The summed E-state index contributed by atoms with van der Waals surface area (Å²) in [5.41, 5.74) is 8.01. The number of carbonyl (C=O) groups excluding carboxylic acids is 1. The summed E-state index contributed by atoms with van der Waals surface area (Å²) in [5.74, 6) is 0.563. The number of rotatable bonds is 5. The molecule has 0 atom stereocenters. The summed E-state index contributed by atoms with van der Waals surface area (Å²) < 4.78 is 1.68. The quantitative estimate of drug-likeness (QED) is 0.719. The van der Waals surface area contributed by atoms with Gasteiger partial charge in [-0.3, -0.25) is 4.79 Å². The van der Waals surface area contributed by atoms with Gasteiger partial charge in [-0.15, -0.1) is 0 Å². The molecule has 6 nitrogen and oxygen atoms in total. The fraction of sp³-hybridized carbons (Fsp3) is 0.478. The minimum atomic E-state index is -0.000849. The maximum absolute atomic E-state index is 12.6. The lowest BCUT2D eigenvalue weighted by molar-refractivity contribution is -0.120. The molecule has 0 aliphatic heterocycles. The summed E-state index contributed by atoms with van der Waals surface area (Å²) in [6, 6.07) is 4.55. The first-order valence-corrected chi connectivity index (χ1v) is 10.1. The lowest BCUT2D eigenvalue weighted by atomic mass is 9.83. The Hall–Kier alpha value is -2.76. The molecule has 0 unspecified atom stereocenters. The number of hydrogen-bond donors (Lipinski definition) is 1. The molecule has 29 heavy (non-hydrogen) atoms. The largest absolute Gasteiger partial charge is 0.355 e. The Labute approximate surface area is 172 Å². The van der Waals surface area contributed by atoms with Crippen LogP contribution in [0.5, 0.6) is 0 Å². The van der Waals surface area contributed by atoms with E-state index < -0.39 is 0 Å². The predicted molar refractivity (Wildman–Crippen MR) is 115 cm³/mol. The second kappa shape index (κ2) is 7.93. The molecule has 0 aliphatic rings. The Morgan fingerprint density at radius 1 is 1.07 bits per heavy atom. The Morgan fingerprint density at radius 2 is 1.72 bits per heavy atom. The number of carbonyl (C=O) groups is 1. The number of nitrogens with one attached hydrogen (secondary N) is 1. The number of aryl methyl sites for hydroxylation is 4. The van der Waals surface area contributed by atoms with Crippen molar-refractivity contribution in [1.29, 1.82) is 0 Å². The van der Waals surface area contributed by atoms with E-state index >= 15 is 0 Å². The van der Waals surface area contributed by atoms with Gasteiger partial charge in [0.1, 0.15) is 6.33 Å². The van der Waals surface area contributed by atoms with E-state index in [1.165, 1.54) is 28.6 Å². The molecule has 0 saturated carbocycles. The van der Waals surface area contributed by atoms with Crippen LogP contribution < -0.4 is 5.32 Å². The Morgan fingerprint density at radius 3 is 2.34 bits per heavy atom. The number of amides is 1. The lowest BCUT2D eigenvalue weighted by Crippen LogP contribution is -2.28. The van der Waals surface area contributed by atoms with Gasteiger partial charge < -0.3 is 5.32 Å². The normalized spacial score (nSPS) is 11.8. The Balaban J connectivity index is 1.65. The van der Waals surface area contributed by atoms with Crippen LogP contribution in [0.4, 0.5) is 0 Å². The van der Waals surface area contributed by atoms with Crippen LogP contribution in [-0.4, -0.2) is 32.0 Å². The van der Waals surface area contributed by atoms with Crippen LogP contribution in [0.1, 0.15) is 60.0 Å². The molecule has 3 rings (SSSR count). The zero-order valence-electron chi connectivity index (χ0n) is 18.6. The monoisotopic (exact) mass is 393 g/mol. The summed E-state index contributed by atoms with van der Waals surface area (Å²) in [6.45, 7) is 15.5. The van der Waals surface area contributed by atoms with E-state index in [2.05, 4.69) is 67.1 Å². The van der Waals surface area contributed by atoms with Gasteiger partial charge in [0.15, 0.2) is 0 Å². The van der Waals surface area contributed by atoms with Crippen molar-refractivity contribution in [1.82, 2.24) is 24.9 Å². The maximum atomic E-state index is 12.6. The van der Waals surface area contributed by atoms with Crippen LogP contribution >= 0.6 is 0 Å². The Kier molecular flexibility index (Phi) is 5.73. The maximum Gasteiger partial charge on any atom is 0.252 e. The zero-order chi connectivity index (χ0) is 21.3. The molecule has 2 aromatic heterocycles. The third-order valence-electron chi connectivity index (χ3n) is 5.59. The summed E-state index contributed by atoms with van der Waals surface area (Å²) in [7, 11) is 0. The van der Waals surface area contributed by atoms with Gasteiger partial charge in [0.25, 0.3) is 5.78 Å². The van der Waals surface area contributed by atoms with Gasteiger partial charge in [-0.1, -0.05) is 32.9 Å². The number of aromatic nitrogens is 4. The van der Waals surface area contributed by atoms with Gasteiger partial charge in [-0.25, -0.2) is 9.50 Å². The molecule has 1 amide bonds. The van der Waals surface area contributed by atoms with Crippen molar-refractivity contribution >= 4 is 11.7 Å². The summed E-state index contributed by atoms with van der Waals surface area (Å²) >= 11 is 0. The molecule has 0 spiro atoms. The van der Waals surface area contributed by atoms with Crippen molar-refractivity contribution in [3.63, 3.8) is 0 Å². The highest BCUT2D eigenvalue weighted by Gasteiger charge is 2.17. The van der Waals surface area contributed by atoms with Crippen molar-refractivity contribution in [2.24, 2.45) is 0 Å². The standard InChI is InChI=1S/C23H31N5O/c1-14-10-18(23(5,6)7)11-15(2)19(14)8-9-24-21(29)12-20-16(3)27-22-25-13-26-28(22)17(20)4/h10-11,13H,8-9,12H2,1-7H3,(H,24,29). The molecule has 154 valence electrons. The highest BCUT2D eigenvalue weighted by molar-refractivity contribution is 5.79. The van der Waals surface area contributed by atoms with E-state index in [1.54, 1.807) is 4.52 Å². The van der Waals surface area contributed by atoms with Gasteiger partial charge in [-0.2, -0.15) is 10.1 Å². The summed E-state index contributed by atoms with van der Waals surface area (Å²) in [5, 5.41) is 7.25. The van der Waals surface area contributed by atoms with Gasteiger partial charge in [0, 0.05) is 23.5 Å². The van der Waals surface area contributed by atoms with E-state index in [1.807, 2.05) is 13.8 Å². The van der Waals surface area contributed by atoms with Crippen LogP contribution in [0.2, 0.25) is 0 Å². The first-order valence-electron chi connectivity index (χ1n) is 10.1. The smallest absolute Gasteiger partial charge is 0.252 e. The predicted octanol–water partition coefficient (Wildman–Crippen LogP) is 3.56. The summed E-state index contributed by atoms with van der Waals surface area (Å²) in [4.78, 5) is 21.1. The number of nitrogens with zero attached hydrogens (tertiary/aromatic N) is 4. The zero-order valence-corrected chi connectivity index (χ0v) is 18.6. The third-order valence-corrected chi connectivity index (χ3v) is 5.59. The van der Waals surface area contributed by atoms with Crippen LogP contribution in [0, 0.1) is 27.7 Å². The van der Waals surface area contributed by atoms with Gasteiger partial charge in [0.05, 0.1) is 6.42 Å². The van der Waals surface area contributed by atoms with Gasteiger partial charge >= 0.3 is 0 Å². The Bertz CT molecular complexity index is 1040. The lowest BCUT2D eigenvalue weighted by Gasteiger charge is -2.22. The fourth-order valence-electron chi connectivity index (χ4n) is 3.78. The van der Waals surface area contributed by atoms with Crippen molar-refractivity contribution in [2.45, 2.75) is 66.7 Å². The van der Waals surface area contributed by atoms with Crippen molar-refractivity contribution in [3.05, 3.63) is 57.7 Å². The topological polar surface area (TPSA) is 72.2 Å². The van der Waals surface area contributed by atoms with Crippen LogP contribution in [-0.2, 0) is 23.1 Å². The molecule has 0 aliphatic carbocycles. The van der Waals surface area contributed by atoms with Gasteiger partial charge in [-0.05, 0) is 61.8 Å². The minimum Gasteiger partial charge on any atom is -0.355 e. The van der Waals surface area contributed by atoms with Crippen molar-refractivity contribution < 1.29 is 4.79 Å². The number of benzene rings is 1. The first-order chi connectivity index (χ1) is 13.6. The van der Waals surface area contributed by atoms with Crippen LogP contribution in [0.3, 0.4) is 0 Å². The molecular formula is C23H31N5O. The number of fused-ring (bicyclic) bond motifs is 1. The van der Waals surface area contributed by atoms with Crippen LogP contribution in [0.15, 0.2) is 18.5 Å². The molecule has 0 fully saturated rings. The minimum absolute atomic E-state index is 0.000849. The molecule has 0 bridgehead atoms. The molecular weight excluding hydrogens is 362 g/mol. The first kappa shape index (κ1) is 21.0. The molecule has 0 saturated heterocycles. The van der Waals surface area contributed by atoms with E-state index in [4.69, 9.17) is 0 Å². The fourth-order valence-corrected chi connectivity index (χ4v) is 3.78. The van der Waals surface area contributed by atoms with Crippen molar-refractivity contribution in [2.75, 3.05) is 6.54 Å². The SMILES string of the molecule is Cc1cc(C(C)(C)C)cc(C)c1CCNC(=O)Cc1c(C)nc2ncnn2c1C. The van der Waals surface area contributed by atoms with Crippen molar-refractivity contribution in [3.8, 4) is 0 Å². The van der Waals surface area contributed by atoms with E-state index in [9.17, 15) is 4.79 Å².